The Balaban J connectivity index is 1.81. The first-order valence-electron chi connectivity index (χ1n) is 7.89. The van der Waals surface area contributed by atoms with E-state index < -0.39 is 0 Å². The molecule has 0 aliphatic heterocycles. The van der Waals surface area contributed by atoms with Crippen molar-refractivity contribution in [3.8, 4) is 11.4 Å². The zero-order valence-corrected chi connectivity index (χ0v) is 15.0. The molecule has 0 bridgehead atoms. The molecule has 4 nitrogen and oxygen atoms in total. The highest BCUT2D eigenvalue weighted by Crippen LogP contribution is 2.28. The molecule has 0 amide bonds. The zero-order valence-electron chi connectivity index (χ0n) is 14.2. The monoisotopic (exact) mass is 355 g/mol. The Morgan fingerprint density at radius 3 is 2.48 bits per heavy atom. The van der Waals surface area contributed by atoms with Crippen LogP contribution in [-0.2, 0) is 7.05 Å². The lowest BCUT2D eigenvalue weighted by Crippen LogP contribution is -2.14. The molecular weight excluding hydrogens is 337 g/mol. The highest BCUT2D eigenvalue weighted by Gasteiger charge is 2.21. The fourth-order valence-corrected chi connectivity index (χ4v) is 3.35. The van der Waals surface area contributed by atoms with Gasteiger partial charge >= 0.3 is 0 Å². The number of hydrogen-bond acceptors (Lipinski definition) is 4. The van der Waals surface area contributed by atoms with Gasteiger partial charge < -0.3 is 4.57 Å². The van der Waals surface area contributed by atoms with Crippen LogP contribution in [0.4, 0.5) is 4.39 Å². The van der Waals surface area contributed by atoms with Gasteiger partial charge in [-0.15, -0.1) is 10.2 Å². The maximum Gasteiger partial charge on any atom is 0.191 e. The second kappa shape index (κ2) is 7.19. The van der Waals surface area contributed by atoms with Gasteiger partial charge in [0.1, 0.15) is 5.82 Å². The molecule has 25 heavy (non-hydrogen) atoms. The van der Waals surface area contributed by atoms with Gasteiger partial charge in [0.25, 0.3) is 0 Å². The SMILES string of the molecule is Cc1ccc(C(=O)[C@@H](C)Sc2nnc(-c3ccccc3F)n2C)cc1. The van der Waals surface area contributed by atoms with E-state index in [0.29, 0.717) is 22.1 Å². The third-order valence-corrected chi connectivity index (χ3v) is 5.07. The number of halogens is 1. The average Bonchev–Trinajstić information content (AvgIpc) is 2.96. The van der Waals surface area contributed by atoms with Crippen molar-refractivity contribution in [1.82, 2.24) is 14.8 Å². The number of ketones is 1. The van der Waals surface area contributed by atoms with E-state index in [2.05, 4.69) is 10.2 Å². The molecule has 3 rings (SSSR count). The summed E-state index contributed by atoms with van der Waals surface area (Å²) in [5.41, 5.74) is 2.17. The lowest BCUT2D eigenvalue weighted by atomic mass is 10.1. The Morgan fingerprint density at radius 1 is 1.12 bits per heavy atom. The number of carbonyl (C=O) groups excluding carboxylic acids is 1. The van der Waals surface area contributed by atoms with Crippen LogP contribution in [0.1, 0.15) is 22.8 Å². The van der Waals surface area contributed by atoms with Crippen LogP contribution in [0, 0.1) is 12.7 Å². The van der Waals surface area contributed by atoms with Crippen molar-refractivity contribution in [2.45, 2.75) is 24.3 Å². The van der Waals surface area contributed by atoms with E-state index in [4.69, 9.17) is 0 Å². The maximum atomic E-state index is 14.0. The van der Waals surface area contributed by atoms with Crippen molar-refractivity contribution in [2.75, 3.05) is 0 Å². The van der Waals surface area contributed by atoms with Gasteiger partial charge in [0, 0.05) is 12.6 Å². The minimum Gasteiger partial charge on any atom is -0.305 e. The van der Waals surface area contributed by atoms with Gasteiger partial charge in [-0.3, -0.25) is 4.79 Å². The summed E-state index contributed by atoms with van der Waals surface area (Å²) in [7, 11) is 1.77. The molecule has 1 atom stereocenters. The molecule has 2 aromatic carbocycles. The number of rotatable bonds is 5. The largest absolute Gasteiger partial charge is 0.305 e. The molecule has 3 aromatic rings. The molecule has 0 N–H and O–H groups in total. The summed E-state index contributed by atoms with van der Waals surface area (Å²) in [5, 5.41) is 8.46. The molecule has 0 saturated heterocycles. The summed E-state index contributed by atoms with van der Waals surface area (Å²) in [6.07, 6.45) is 0. The van der Waals surface area contributed by atoms with E-state index >= 15 is 0 Å². The number of benzene rings is 2. The Labute approximate surface area is 150 Å². The molecular formula is C19H18FN3OS. The molecule has 0 saturated carbocycles. The highest BCUT2D eigenvalue weighted by molar-refractivity contribution is 8.00. The predicted octanol–water partition coefficient (Wildman–Crippen LogP) is 4.29. The topological polar surface area (TPSA) is 47.8 Å². The number of thioether (sulfide) groups is 1. The van der Waals surface area contributed by atoms with E-state index in [9.17, 15) is 9.18 Å². The number of nitrogens with zero attached hydrogens (tertiary/aromatic N) is 3. The highest BCUT2D eigenvalue weighted by atomic mass is 32.2. The van der Waals surface area contributed by atoms with Crippen molar-refractivity contribution in [3.63, 3.8) is 0 Å². The van der Waals surface area contributed by atoms with Crippen LogP contribution in [0.25, 0.3) is 11.4 Å². The zero-order chi connectivity index (χ0) is 18.0. The van der Waals surface area contributed by atoms with E-state index in [-0.39, 0.29) is 16.9 Å². The van der Waals surface area contributed by atoms with Crippen molar-refractivity contribution < 1.29 is 9.18 Å². The van der Waals surface area contributed by atoms with Crippen molar-refractivity contribution in [2.24, 2.45) is 7.05 Å². The summed E-state index contributed by atoms with van der Waals surface area (Å²) in [6.45, 7) is 3.82. The lowest BCUT2D eigenvalue weighted by Gasteiger charge is -2.10. The first kappa shape index (κ1) is 17.4. The van der Waals surface area contributed by atoms with Crippen LogP contribution in [0.5, 0.6) is 0 Å². The molecule has 128 valence electrons. The fourth-order valence-electron chi connectivity index (χ4n) is 2.46. The summed E-state index contributed by atoms with van der Waals surface area (Å²) < 4.78 is 15.7. The van der Waals surface area contributed by atoms with Crippen LogP contribution in [0.2, 0.25) is 0 Å². The van der Waals surface area contributed by atoms with Gasteiger partial charge in [-0.25, -0.2) is 4.39 Å². The van der Waals surface area contributed by atoms with Gasteiger partial charge in [0.05, 0.1) is 10.8 Å². The Morgan fingerprint density at radius 2 is 1.80 bits per heavy atom. The molecule has 0 radical (unpaired) electrons. The fraction of sp³-hybridized carbons (Fsp3) is 0.211. The Bertz CT molecular complexity index is 905. The molecule has 1 aromatic heterocycles. The van der Waals surface area contributed by atoms with Crippen LogP contribution in [-0.4, -0.2) is 25.8 Å². The third kappa shape index (κ3) is 3.64. The van der Waals surface area contributed by atoms with Gasteiger partial charge in [0.15, 0.2) is 16.8 Å². The smallest absolute Gasteiger partial charge is 0.191 e. The van der Waals surface area contributed by atoms with Gasteiger partial charge in [-0.05, 0) is 26.0 Å². The number of Topliss-reactive ketones (excluding diaryl/α,β-unsaturated/α-hetero) is 1. The van der Waals surface area contributed by atoms with Crippen molar-refractivity contribution in [3.05, 3.63) is 65.5 Å². The minimum atomic E-state index is -0.349. The van der Waals surface area contributed by atoms with Crippen molar-refractivity contribution in [1.29, 1.82) is 0 Å². The van der Waals surface area contributed by atoms with Crippen LogP contribution in [0.3, 0.4) is 0 Å². The summed E-state index contributed by atoms with van der Waals surface area (Å²) in [5.74, 6) is 0.120. The summed E-state index contributed by atoms with van der Waals surface area (Å²) >= 11 is 1.32. The molecule has 0 aliphatic rings. The van der Waals surface area contributed by atoms with Gasteiger partial charge in [-0.2, -0.15) is 0 Å². The first-order valence-corrected chi connectivity index (χ1v) is 8.77. The standard InChI is InChI=1S/C19H18FN3OS/c1-12-8-10-14(11-9-12)17(24)13(2)25-19-22-21-18(23(19)3)15-6-4-5-7-16(15)20/h4-11,13H,1-3H3/t13-/m1/s1. The normalized spacial score (nSPS) is 12.2. The first-order chi connectivity index (χ1) is 12.0. The Hall–Kier alpha value is -2.47. The second-order valence-electron chi connectivity index (χ2n) is 5.84. The molecule has 1 heterocycles. The van der Waals surface area contributed by atoms with Crippen LogP contribution >= 0.6 is 11.8 Å². The molecule has 0 aliphatic carbocycles. The number of hydrogen-bond donors (Lipinski definition) is 0. The van der Waals surface area contributed by atoms with E-state index in [0.717, 1.165) is 5.56 Å². The predicted molar refractivity (Wildman–Crippen MR) is 97.2 cm³/mol. The number of carbonyl (C=O) groups is 1. The van der Waals surface area contributed by atoms with E-state index in [1.807, 2.05) is 38.1 Å². The summed E-state index contributed by atoms with van der Waals surface area (Å²) in [6, 6.07) is 13.9. The number of aromatic nitrogens is 3. The maximum absolute atomic E-state index is 14.0. The minimum absolute atomic E-state index is 0.0282. The molecule has 0 fully saturated rings. The van der Waals surface area contributed by atoms with Gasteiger partial charge in [-0.1, -0.05) is 53.7 Å². The third-order valence-electron chi connectivity index (χ3n) is 3.94. The number of aryl methyl sites for hydroxylation is 1. The molecule has 6 heteroatoms. The quantitative estimate of drug-likeness (QED) is 0.506. The van der Waals surface area contributed by atoms with Gasteiger partial charge in [0.2, 0.25) is 0 Å². The average molecular weight is 355 g/mol. The molecule has 0 unspecified atom stereocenters. The van der Waals surface area contributed by atoms with Crippen LogP contribution in [0.15, 0.2) is 53.7 Å². The van der Waals surface area contributed by atoms with E-state index in [1.165, 1.54) is 17.8 Å². The second-order valence-corrected chi connectivity index (χ2v) is 7.14. The van der Waals surface area contributed by atoms with E-state index in [1.54, 1.807) is 29.8 Å². The summed E-state index contributed by atoms with van der Waals surface area (Å²) in [4.78, 5) is 12.6. The van der Waals surface area contributed by atoms with Crippen LogP contribution < -0.4 is 0 Å². The Kier molecular flexibility index (Phi) is 4.99. The van der Waals surface area contributed by atoms with Crippen molar-refractivity contribution >= 4 is 17.5 Å². The molecule has 0 spiro atoms. The lowest BCUT2D eigenvalue weighted by molar-refractivity contribution is 0.0994.